The molecule has 120 valence electrons. The van der Waals surface area contributed by atoms with Crippen molar-refractivity contribution in [1.29, 1.82) is 5.26 Å². The Kier molecular flexibility index (Phi) is 3.94. The third-order valence-corrected chi connectivity index (χ3v) is 3.72. The van der Waals surface area contributed by atoms with Gasteiger partial charge in [0.05, 0.1) is 17.3 Å². The zero-order chi connectivity index (χ0) is 16.4. The maximum absolute atomic E-state index is 12.5. The lowest BCUT2D eigenvalue weighted by Gasteiger charge is -2.23. The number of hydrogen-bond donors (Lipinski definition) is 1. The van der Waals surface area contributed by atoms with Crippen molar-refractivity contribution >= 4 is 5.82 Å². The number of aryl methyl sites for hydroxylation is 1. The molecule has 2 aromatic heterocycles. The number of rotatable bonds is 3. The van der Waals surface area contributed by atoms with Crippen molar-refractivity contribution in [2.45, 2.75) is 38.0 Å². The zero-order valence-corrected chi connectivity index (χ0v) is 12.1. The first kappa shape index (κ1) is 15.3. The lowest BCUT2D eigenvalue weighted by molar-refractivity contribution is -0.142. The Morgan fingerprint density at radius 3 is 3.00 bits per heavy atom. The molecular weight excluding hydrogens is 307 g/mol. The fraction of sp³-hybridized carbons (Fsp3) is 0.400. The number of nitriles is 1. The molecule has 0 aromatic carbocycles. The second kappa shape index (κ2) is 5.91. The highest BCUT2D eigenvalue weighted by Crippen LogP contribution is 2.32. The van der Waals surface area contributed by atoms with Crippen LogP contribution in [0.5, 0.6) is 0 Å². The Labute approximate surface area is 130 Å². The van der Waals surface area contributed by atoms with Gasteiger partial charge in [-0.3, -0.25) is 4.68 Å². The molecule has 0 radical (unpaired) electrons. The number of nitrogens with zero attached hydrogens (tertiary/aromatic N) is 4. The van der Waals surface area contributed by atoms with Crippen LogP contribution in [0.2, 0.25) is 0 Å². The van der Waals surface area contributed by atoms with E-state index in [-0.39, 0.29) is 6.04 Å². The Hall–Kier alpha value is -2.56. The smallest absolute Gasteiger partial charge is 0.361 e. The van der Waals surface area contributed by atoms with Gasteiger partial charge >= 0.3 is 6.18 Å². The Morgan fingerprint density at radius 2 is 2.26 bits per heavy atom. The van der Waals surface area contributed by atoms with Gasteiger partial charge in [-0.05, 0) is 37.0 Å². The number of fused-ring (bicyclic) bond motifs is 1. The molecule has 0 aliphatic heterocycles. The predicted molar refractivity (Wildman–Crippen MR) is 76.5 cm³/mol. The second-order valence-electron chi connectivity index (χ2n) is 5.45. The topological polar surface area (TPSA) is 66.5 Å². The maximum atomic E-state index is 12.5. The molecule has 3 rings (SSSR count). The lowest BCUT2D eigenvalue weighted by atomic mass is 9.93. The molecule has 1 atom stereocenters. The minimum Gasteiger partial charge on any atom is -0.361 e. The number of alkyl halides is 3. The van der Waals surface area contributed by atoms with E-state index < -0.39 is 12.7 Å². The average Bonchev–Trinajstić information content (AvgIpc) is 2.89. The molecule has 2 aromatic rings. The molecule has 0 amide bonds. The normalized spacial score (nSPS) is 17.4. The lowest BCUT2D eigenvalue weighted by Crippen LogP contribution is -2.20. The maximum Gasteiger partial charge on any atom is 0.408 e. The van der Waals surface area contributed by atoms with Crippen LogP contribution in [0, 0.1) is 11.3 Å². The van der Waals surface area contributed by atoms with Crippen LogP contribution < -0.4 is 5.32 Å². The van der Waals surface area contributed by atoms with Gasteiger partial charge in [-0.25, -0.2) is 4.98 Å². The summed E-state index contributed by atoms with van der Waals surface area (Å²) >= 11 is 0. The van der Waals surface area contributed by atoms with E-state index in [1.54, 1.807) is 18.3 Å². The van der Waals surface area contributed by atoms with Crippen LogP contribution in [0.3, 0.4) is 0 Å². The molecule has 0 fully saturated rings. The Balaban J connectivity index is 1.85. The summed E-state index contributed by atoms with van der Waals surface area (Å²) in [5.41, 5.74) is 1.82. The predicted octanol–water partition coefficient (Wildman–Crippen LogP) is 3.20. The van der Waals surface area contributed by atoms with Crippen LogP contribution in [-0.2, 0) is 13.0 Å². The van der Waals surface area contributed by atoms with Gasteiger partial charge in [0.1, 0.15) is 18.4 Å². The van der Waals surface area contributed by atoms with E-state index in [9.17, 15) is 13.2 Å². The van der Waals surface area contributed by atoms with Gasteiger partial charge in [0, 0.05) is 12.4 Å². The molecule has 0 unspecified atom stereocenters. The second-order valence-corrected chi connectivity index (χ2v) is 5.45. The first-order valence-corrected chi connectivity index (χ1v) is 7.21. The fourth-order valence-corrected chi connectivity index (χ4v) is 2.78. The third kappa shape index (κ3) is 3.44. The third-order valence-electron chi connectivity index (χ3n) is 3.72. The van der Waals surface area contributed by atoms with E-state index in [1.165, 1.54) is 6.20 Å². The first-order valence-electron chi connectivity index (χ1n) is 7.21. The first-order chi connectivity index (χ1) is 11.0. The molecule has 0 spiro atoms. The molecule has 1 N–H and O–H groups in total. The van der Waals surface area contributed by atoms with Crippen molar-refractivity contribution in [3.05, 3.63) is 41.3 Å². The summed E-state index contributed by atoms with van der Waals surface area (Å²) in [5.74, 6) is 0.429. The minimum absolute atomic E-state index is 0.241. The van der Waals surface area contributed by atoms with Crippen LogP contribution in [0.1, 0.15) is 35.7 Å². The van der Waals surface area contributed by atoms with Gasteiger partial charge in [-0.1, -0.05) is 0 Å². The van der Waals surface area contributed by atoms with Gasteiger partial charge < -0.3 is 5.32 Å². The number of anilines is 1. The summed E-state index contributed by atoms with van der Waals surface area (Å²) in [6, 6.07) is 5.11. The van der Waals surface area contributed by atoms with E-state index in [2.05, 4.69) is 15.4 Å². The molecular formula is C15H14F3N5. The summed E-state index contributed by atoms with van der Waals surface area (Å²) in [7, 11) is 0. The SMILES string of the molecule is N#Cc1cccnc1N[C@H]1CCCc2cn(CC(F)(F)F)nc21. The average molecular weight is 321 g/mol. The van der Waals surface area contributed by atoms with E-state index >= 15 is 0 Å². The van der Waals surface area contributed by atoms with Crippen molar-refractivity contribution in [3.8, 4) is 6.07 Å². The van der Waals surface area contributed by atoms with Gasteiger partial charge in [0.25, 0.3) is 0 Å². The molecule has 2 heterocycles. The molecule has 8 heteroatoms. The van der Waals surface area contributed by atoms with E-state index in [0.29, 0.717) is 23.5 Å². The van der Waals surface area contributed by atoms with Crippen molar-refractivity contribution in [2.75, 3.05) is 5.32 Å². The number of nitrogens with one attached hydrogen (secondary N) is 1. The molecule has 1 aliphatic carbocycles. The van der Waals surface area contributed by atoms with Crippen molar-refractivity contribution in [3.63, 3.8) is 0 Å². The van der Waals surface area contributed by atoms with E-state index in [4.69, 9.17) is 5.26 Å². The van der Waals surface area contributed by atoms with Crippen LogP contribution in [0.25, 0.3) is 0 Å². The van der Waals surface area contributed by atoms with Crippen LogP contribution >= 0.6 is 0 Å². The molecule has 23 heavy (non-hydrogen) atoms. The molecule has 0 bridgehead atoms. The van der Waals surface area contributed by atoms with Crippen molar-refractivity contribution in [2.24, 2.45) is 0 Å². The summed E-state index contributed by atoms with van der Waals surface area (Å²) in [5, 5.41) is 16.3. The van der Waals surface area contributed by atoms with Gasteiger partial charge in [0.15, 0.2) is 0 Å². The van der Waals surface area contributed by atoms with Gasteiger partial charge in [-0.2, -0.15) is 23.5 Å². The highest BCUT2D eigenvalue weighted by molar-refractivity contribution is 5.52. The number of halogens is 3. The Morgan fingerprint density at radius 1 is 1.43 bits per heavy atom. The van der Waals surface area contributed by atoms with Gasteiger partial charge in [-0.15, -0.1) is 0 Å². The molecule has 5 nitrogen and oxygen atoms in total. The van der Waals surface area contributed by atoms with E-state index in [1.807, 2.05) is 6.07 Å². The molecule has 0 saturated heterocycles. The highest BCUT2D eigenvalue weighted by Gasteiger charge is 2.31. The summed E-state index contributed by atoms with van der Waals surface area (Å²) in [6.45, 7) is -1.10. The van der Waals surface area contributed by atoms with Crippen LogP contribution in [0.15, 0.2) is 24.5 Å². The van der Waals surface area contributed by atoms with Crippen molar-refractivity contribution in [1.82, 2.24) is 14.8 Å². The summed E-state index contributed by atoms with van der Waals surface area (Å²) in [6.07, 6.45) is 1.01. The van der Waals surface area contributed by atoms with Crippen LogP contribution in [0.4, 0.5) is 19.0 Å². The molecule has 1 aliphatic rings. The summed E-state index contributed by atoms with van der Waals surface area (Å²) in [4.78, 5) is 4.13. The number of aromatic nitrogens is 3. The summed E-state index contributed by atoms with van der Waals surface area (Å²) < 4.78 is 38.5. The number of pyridine rings is 1. The van der Waals surface area contributed by atoms with E-state index in [0.717, 1.165) is 23.1 Å². The Bertz CT molecular complexity index is 744. The largest absolute Gasteiger partial charge is 0.408 e. The van der Waals surface area contributed by atoms with Crippen molar-refractivity contribution < 1.29 is 13.2 Å². The fourth-order valence-electron chi connectivity index (χ4n) is 2.78. The quantitative estimate of drug-likeness (QED) is 0.943. The minimum atomic E-state index is -4.30. The number of hydrogen-bond acceptors (Lipinski definition) is 4. The van der Waals surface area contributed by atoms with Crippen LogP contribution in [-0.4, -0.2) is 20.9 Å². The standard InChI is InChI=1S/C15H14F3N5/c16-15(17,18)9-23-8-11-3-1-5-12(13(11)22-23)21-14-10(7-19)4-2-6-20-14/h2,4,6,8,12H,1,3,5,9H2,(H,20,21)/t12-/m0/s1. The monoisotopic (exact) mass is 321 g/mol. The zero-order valence-electron chi connectivity index (χ0n) is 12.1. The van der Waals surface area contributed by atoms with Gasteiger partial charge in [0.2, 0.25) is 0 Å². The highest BCUT2D eigenvalue weighted by atomic mass is 19.4. The molecule has 0 saturated carbocycles.